The van der Waals surface area contributed by atoms with E-state index in [1.165, 1.54) is 23.8 Å². The zero-order chi connectivity index (χ0) is 11.2. The van der Waals surface area contributed by atoms with Gasteiger partial charge in [-0.05, 0) is 53.2 Å². The molecule has 0 unspecified atom stereocenters. The predicted octanol–water partition coefficient (Wildman–Crippen LogP) is 2.75. The van der Waals surface area contributed by atoms with Crippen molar-refractivity contribution in [3.8, 4) is 0 Å². The van der Waals surface area contributed by atoms with Crippen molar-refractivity contribution in [3.63, 3.8) is 0 Å². The van der Waals surface area contributed by atoms with Gasteiger partial charge in [0.1, 0.15) is 4.60 Å². The Hall–Kier alpha value is -0.870. The number of nitrogens with one attached hydrogen (secondary N) is 1. The van der Waals surface area contributed by atoms with Gasteiger partial charge in [0.05, 0.1) is 5.52 Å². The molecule has 3 nitrogen and oxygen atoms in total. The van der Waals surface area contributed by atoms with E-state index in [9.17, 15) is 0 Å². The Morgan fingerprint density at radius 1 is 1.44 bits per heavy atom. The van der Waals surface area contributed by atoms with E-state index in [-0.39, 0.29) is 5.54 Å². The Kier molecular flexibility index (Phi) is 2.30. The molecule has 1 aromatic heterocycles. The summed E-state index contributed by atoms with van der Waals surface area (Å²) in [5.41, 5.74) is 8.59. The summed E-state index contributed by atoms with van der Waals surface area (Å²) >= 11 is 3.50. The van der Waals surface area contributed by atoms with Crippen LogP contribution in [-0.4, -0.2) is 15.7 Å². The normalized spacial score (nSPS) is 17.9. The molecule has 16 heavy (non-hydrogen) atoms. The van der Waals surface area contributed by atoms with E-state index in [0.717, 1.165) is 23.0 Å². The molecule has 0 amide bonds. The molecule has 1 aliphatic carbocycles. The van der Waals surface area contributed by atoms with Crippen LogP contribution in [-0.2, 0) is 6.42 Å². The van der Waals surface area contributed by atoms with Crippen LogP contribution in [0.1, 0.15) is 24.8 Å². The van der Waals surface area contributed by atoms with E-state index in [1.54, 1.807) is 0 Å². The second kappa shape index (κ2) is 3.57. The molecule has 0 aliphatic heterocycles. The lowest BCUT2D eigenvalue weighted by Gasteiger charge is -2.08. The number of benzene rings is 1. The molecule has 0 radical (unpaired) electrons. The Morgan fingerprint density at radius 2 is 2.25 bits per heavy atom. The monoisotopic (exact) mass is 279 g/mol. The Balaban J connectivity index is 1.93. The summed E-state index contributed by atoms with van der Waals surface area (Å²) in [6.45, 7) is 0. The average Bonchev–Trinajstić information content (AvgIpc) is 2.90. The summed E-state index contributed by atoms with van der Waals surface area (Å²) in [7, 11) is 0. The van der Waals surface area contributed by atoms with Crippen LogP contribution in [0, 0.1) is 0 Å². The number of aromatic amines is 1. The molecule has 0 bridgehead atoms. The Morgan fingerprint density at radius 3 is 3.00 bits per heavy atom. The largest absolute Gasteiger partial charge is 0.325 e. The van der Waals surface area contributed by atoms with Crippen LogP contribution >= 0.6 is 15.9 Å². The van der Waals surface area contributed by atoms with Gasteiger partial charge in [0.2, 0.25) is 0 Å². The number of hydrogen-bond donors (Lipinski definition) is 2. The van der Waals surface area contributed by atoms with E-state index in [2.05, 4.69) is 38.3 Å². The van der Waals surface area contributed by atoms with Crippen molar-refractivity contribution in [3.05, 3.63) is 28.4 Å². The molecule has 1 fully saturated rings. The van der Waals surface area contributed by atoms with E-state index >= 15 is 0 Å². The quantitative estimate of drug-likeness (QED) is 0.908. The van der Waals surface area contributed by atoms with Gasteiger partial charge in [-0.1, -0.05) is 12.1 Å². The Bertz CT molecular complexity index is 528. The van der Waals surface area contributed by atoms with Gasteiger partial charge in [-0.25, -0.2) is 0 Å². The second-order valence-electron chi connectivity index (χ2n) is 4.71. The molecule has 2 aromatic rings. The van der Waals surface area contributed by atoms with Gasteiger partial charge in [0.15, 0.2) is 0 Å². The number of nitrogens with two attached hydrogens (primary N) is 1. The molecular weight excluding hydrogens is 266 g/mol. The van der Waals surface area contributed by atoms with Gasteiger partial charge in [-0.3, -0.25) is 5.10 Å². The van der Waals surface area contributed by atoms with Crippen LogP contribution < -0.4 is 5.73 Å². The first kappa shape index (κ1) is 10.3. The van der Waals surface area contributed by atoms with E-state index in [4.69, 9.17) is 5.73 Å². The second-order valence-corrected chi connectivity index (χ2v) is 5.50. The molecule has 4 heteroatoms. The standard InChI is InChI=1S/C12H14BrN3/c13-11-10-8(4-5-12(14)6-7-12)2-1-3-9(10)15-16-11/h1-3H,4-7,14H2,(H,15,16). The smallest absolute Gasteiger partial charge is 0.109 e. The first-order valence-electron chi connectivity index (χ1n) is 5.58. The third-order valence-electron chi connectivity index (χ3n) is 3.41. The lowest BCUT2D eigenvalue weighted by Crippen LogP contribution is -2.22. The molecule has 3 rings (SSSR count). The van der Waals surface area contributed by atoms with Crippen molar-refractivity contribution in [2.75, 3.05) is 0 Å². The van der Waals surface area contributed by atoms with E-state index in [1.807, 2.05) is 6.07 Å². The minimum Gasteiger partial charge on any atom is -0.325 e. The first-order valence-corrected chi connectivity index (χ1v) is 6.38. The molecule has 3 N–H and O–H groups in total. The summed E-state index contributed by atoms with van der Waals surface area (Å²) in [6.07, 6.45) is 4.46. The summed E-state index contributed by atoms with van der Waals surface area (Å²) < 4.78 is 0.972. The number of rotatable bonds is 3. The minimum absolute atomic E-state index is 0.123. The third kappa shape index (κ3) is 1.76. The highest BCUT2D eigenvalue weighted by atomic mass is 79.9. The highest BCUT2D eigenvalue weighted by molar-refractivity contribution is 9.10. The first-order chi connectivity index (χ1) is 7.68. The number of halogens is 1. The van der Waals surface area contributed by atoms with E-state index in [0.29, 0.717) is 0 Å². The van der Waals surface area contributed by atoms with Crippen molar-refractivity contribution in [1.29, 1.82) is 0 Å². The van der Waals surface area contributed by atoms with Crippen molar-refractivity contribution in [1.82, 2.24) is 10.2 Å². The lowest BCUT2D eigenvalue weighted by atomic mass is 10.0. The fourth-order valence-corrected chi connectivity index (χ4v) is 2.65. The molecule has 1 heterocycles. The van der Waals surface area contributed by atoms with Gasteiger partial charge in [-0.15, -0.1) is 0 Å². The van der Waals surface area contributed by atoms with Gasteiger partial charge in [0.25, 0.3) is 0 Å². The number of nitrogens with zero attached hydrogens (tertiary/aromatic N) is 1. The van der Waals surface area contributed by atoms with E-state index < -0.39 is 0 Å². The average molecular weight is 280 g/mol. The SMILES string of the molecule is NC1(CCc2cccc3n[nH]c(Br)c23)CC1. The number of hydrogen-bond acceptors (Lipinski definition) is 2. The maximum absolute atomic E-state index is 6.12. The zero-order valence-electron chi connectivity index (χ0n) is 8.96. The maximum Gasteiger partial charge on any atom is 0.109 e. The predicted molar refractivity (Wildman–Crippen MR) is 68.3 cm³/mol. The fourth-order valence-electron chi connectivity index (χ4n) is 2.10. The van der Waals surface area contributed by atoms with Crippen LogP contribution in [0.4, 0.5) is 0 Å². The maximum atomic E-state index is 6.12. The van der Waals surface area contributed by atoms with Gasteiger partial charge < -0.3 is 5.73 Å². The molecule has 0 atom stereocenters. The van der Waals surface area contributed by atoms with Crippen LogP contribution in [0.2, 0.25) is 0 Å². The van der Waals surface area contributed by atoms with Crippen molar-refractivity contribution in [2.24, 2.45) is 5.73 Å². The molecule has 0 spiro atoms. The summed E-state index contributed by atoms with van der Waals surface area (Å²) in [5, 5.41) is 8.40. The van der Waals surface area contributed by atoms with Gasteiger partial charge >= 0.3 is 0 Å². The third-order valence-corrected chi connectivity index (χ3v) is 3.98. The number of aromatic nitrogens is 2. The summed E-state index contributed by atoms with van der Waals surface area (Å²) in [6, 6.07) is 6.24. The molecule has 1 saturated carbocycles. The molecular formula is C12H14BrN3. The molecule has 1 aromatic carbocycles. The van der Waals surface area contributed by atoms with Crippen LogP contribution in [0.5, 0.6) is 0 Å². The Labute approximate surface area is 103 Å². The van der Waals surface area contributed by atoms with Gasteiger partial charge in [-0.2, -0.15) is 5.10 Å². The lowest BCUT2D eigenvalue weighted by molar-refractivity contribution is 0.610. The highest BCUT2D eigenvalue weighted by Gasteiger charge is 2.37. The van der Waals surface area contributed by atoms with Crippen molar-refractivity contribution < 1.29 is 0 Å². The number of H-pyrrole nitrogens is 1. The molecule has 84 valence electrons. The minimum atomic E-state index is 0.123. The van der Waals surface area contributed by atoms with Crippen LogP contribution in [0.3, 0.4) is 0 Å². The van der Waals surface area contributed by atoms with Crippen molar-refractivity contribution >= 4 is 26.8 Å². The number of aryl methyl sites for hydroxylation is 1. The molecule has 0 saturated heterocycles. The number of fused-ring (bicyclic) bond motifs is 1. The summed E-state index contributed by atoms with van der Waals surface area (Å²) in [4.78, 5) is 0. The summed E-state index contributed by atoms with van der Waals surface area (Å²) in [5.74, 6) is 0. The fraction of sp³-hybridized carbons (Fsp3) is 0.417. The zero-order valence-corrected chi connectivity index (χ0v) is 10.5. The van der Waals surface area contributed by atoms with Crippen LogP contribution in [0.25, 0.3) is 10.9 Å². The van der Waals surface area contributed by atoms with Crippen LogP contribution in [0.15, 0.2) is 22.8 Å². The van der Waals surface area contributed by atoms with Crippen molar-refractivity contribution in [2.45, 2.75) is 31.2 Å². The van der Waals surface area contributed by atoms with Gasteiger partial charge in [0, 0.05) is 10.9 Å². The topological polar surface area (TPSA) is 54.7 Å². The highest BCUT2D eigenvalue weighted by Crippen LogP contribution is 2.37. The molecule has 1 aliphatic rings.